The Kier molecular flexibility index (Phi) is 3.25. The van der Waals surface area contributed by atoms with E-state index in [9.17, 15) is 13.2 Å². The predicted molar refractivity (Wildman–Crippen MR) is 48.2 cm³/mol. The van der Waals surface area contributed by atoms with Crippen molar-refractivity contribution >= 4 is 17.3 Å². The number of ether oxygens (including phenoxy) is 1. The molecule has 0 radical (unpaired) electrons. The number of nitrogens with two attached hydrogens (primary N) is 2. The molecule has 8 heteroatoms. The number of aromatic nitrogens is 1. The van der Waals surface area contributed by atoms with Gasteiger partial charge in [0.05, 0.1) is 11.9 Å². The first kappa shape index (κ1) is 11.9. The summed E-state index contributed by atoms with van der Waals surface area (Å²) in [5.74, 6) is -0.751. The van der Waals surface area contributed by atoms with Gasteiger partial charge in [-0.05, 0) is 0 Å². The Morgan fingerprint density at radius 1 is 1.47 bits per heavy atom. The summed E-state index contributed by atoms with van der Waals surface area (Å²) in [6, 6.07) is 0. The topological polar surface area (TPSA) is 74.2 Å². The number of pyridine rings is 1. The van der Waals surface area contributed by atoms with E-state index in [1.165, 1.54) is 0 Å². The lowest BCUT2D eigenvalue weighted by Gasteiger charge is -2.12. The van der Waals surface area contributed by atoms with E-state index in [1.807, 2.05) is 0 Å². The molecule has 0 aliphatic rings. The second-order valence-electron chi connectivity index (χ2n) is 2.56. The highest BCUT2D eigenvalue weighted by atomic mass is 35.5. The van der Waals surface area contributed by atoms with Crippen molar-refractivity contribution in [3.05, 3.63) is 16.8 Å². The van der Waals surface area contributed by atoms with Gasteiger partial charge in [0.25, 0.3) is 0 Å². The van der Waals surface area contributed by atoms with Crippen LogP contribution in [-0.2, 0) is 6.54 Å². The summed E-state index contributed by atoms with van der Waals surface area (Å²) in [5.41, 5.74) is 11.0. The van der Waals surface area contributed by atoms with Crippen molar-refractivity contribution < 1.29 is 17.9 Å². The fourth-order valence-corrected chi connectivity index (χ4v) is 1.18. The average Bonchev–Trinajstić information content (AvgIpc) is 2.09. The summed E-state index contributed by atoms with van der Waals surface area (Å²) in [7, 11) is 0. The van der Waals surface area contributed by atoms with Crippen molar-refractivity contribution in [2.45, 2.75) is 12.9 Å². The maximum absolute atomic E-state index is 11.9. The maximum Gasteiger partial charge on any atom is 0.574 e. The average molecular weight is 242 g/mol. The molecule has 0 aromatic carbocycles. The smallest absolute Gasteiger partial charge is 0.397 e. The molecule has 1 heterocycles. The van der Waals surface area contributed by atoms with Gasteiger partial charge in [-0.25, -0.2) is 4.98 Å². The van der Waals surface area contributed by atoms with E-state index in [0.717, 1.165) is 6.20 Å². The van der Waals surface area contributed by atoms with Gasteiger partial charge in [0.15, 0.2) is 0 Å². The van der Waals surface area contributed by atoms with Gasteiger partial charge < -0.3 is 16.2 Å². The molecule has 0 bridgehead atoms. The van der Waals surface area contributed by atoms with Gasteiger partial charge in [0.2, 0.25) is 5.88 Å². The Labute approximate surface area is 88.0 Å². The normalized spacial score (nSPS) is 11.5. The molecule has 0 unspecified atom stereocenters. The fraction of sp³-hybridized carbons (Fsp3) is 0.286. The Hall–Kier alpha value is -1.21. The Morgan fingerprint density at radius 3 is 2.53 bits per heavy atom. The lowest BCUT2D eigenvalue weighted by Crippen LogP contribution is -2.19. The molecule has 0 spiro atoms. The SMILES string of the molecule is NCc1c(N)cnc(OC(F)(F)F)c1Cl. The summed E-state index contributed by atoms with van der Waals surface area (Å²) < 4.78 is 39.2. The first-order valence-corrected chi connectivity index (χ1v) is 4.11. The molecule has 0 fully saturated rings. The fourth-order valence-electron chi connectivity index (χ4n) is 0.907. The summed E-state index contributed by atoms with van der Waals surface area (Å²) in [4.78, 5) is 3.32. The van der Waals surface area contributed by atoms with Crippen LogP contribution in [0.25, 0.3) is 0 Å². The molecule has 0 amide bonds. The Bertz CT molecular complexity index is 369. The zero-order valence-corrected chi connectivity index (χ0v) is 8.06. The van der Waals surface area contributed by atoms with Gasteiger partial charge in [-0.2, -0.15) is 0 Å². The van der Waals surface area contributed by atoms with E-state index in [4.69, 9.17) is 23.1 Å². The molecule has 0 saturated heterocycles. The largest absolute Gasteiger partial charge is 0.574 e. The molecule has 1 aromatic heterocycles. The minimum absolute atomic E-state index is 0.0958. The number of hydrogen-bond donors (Lipinski definition) is 2. The number of anilines is 1. The molecular formula is C7H7ClF3N3O. The van der Waals surface area contributed by atoms with Crippen molar-refractivity contribution in [3.63, 3.8) is 0 Å². The number of alkyl halides is 3. The van der Waals surface area contributed by atoms with Gasteiger partial charge in [0.1, 0.15) is 5.02 Å². The molecule has 1 rings (SSSR count). The lowest BCUT2D eigenvalue weighted by molar-refractivity contribution is -0.276. The molecule has 84 valence electrons. The van der Waals surface area contributed by atoms with Crippen molar-refractivity contribution in [3.8, 4) is 5.88 Å². The monoisotopic (exact) mass is 241 g/mol. The molecular weight excluding hydrogens is 235 g/mol. The predicted octanol–water partition coefficient (Wildman–Crippen LogP) is 1.67. The van der Waals surface area contributed by atoms with Crippen molar-refractivity contribution in [1.82, 2.24) is 4.98 Å². The molecule has 0 saturated carbocycles. The van der Waals surface area contributed by atoms with Gasteiger partial charge in [-0.15, -0.1) is 13.2 Å². The minimum Gasteiger partial charge on any atom is -0.397 e. The van der Waals surface area contributed by atoms with E-state index in [1.54, 1.807) is 0 Å². The number of rotatable bonds is 2. The standard InChI is InChI=1S/C7H7ClF3N3O/c8-5-3(1-12)4(13)2-14-6(5)15-7(9,10)11/h2H,1,12-13H2. The van der Waals surface area contributed by atoms with E-state index in [2.05, 4.69) is 9.72 Å². The van der Waals surface area contributed by atoms with Crippen LogP contribution in [-0.4, -0.2) is 11.3 Å². The molecule has 0 aliphatic carbocycles. The third kappa shape index (κ3) is 2.87. The molecule has 4 nitrogen and oxygen atoms in total. The Balaban J connectivity index is 3.11. The van der Waals surface area contributed by atoms with Crippen LogP contribution in [0.15, 0.2) is 6.20 Å². The van der Waals surface area contributed by atoms with Crippen molar-refractivity contribution in [2.75, 3.05) is 5.73 Å². The second-order valence-corrected chi connectivity index (χ2v) is 2.94. The molecule has 0 atom stereocenters. The van der Waals surface area contributed by atoms with Gasteiger partial charge >= 0.3 is 6.36 Å². The first-order chi connectivity index (χ1) is 6.85. The summed E-state index contributed by atoms with van der Waals surface area (Å²) >= 11 is 5.57. The van der Waals surface area contributed by atoms with Gasteiger partial charge in [-0.3, -0.25) is 0 Å². The third-order valence-corrected chi connectivity index (χ3v) is 1.93. The highest BCUT2D eigenvalue weighted by molar-refractivity contribution is 6.33. The van der Waals surface area contributed by atoms with Crippen LogP contribution in [0.1, 0.15) is 5.56 Å². The Morgan fingerprint density at radius 2 is 2.07 bits per heavy atom. The molecule has 0 aliphatic heterocycles. The minimum atomic E-state index is -4.85. The lowest BCUT2D eigenvalue weighted by atomic mass is 10.2. The van der Waals surface area contributed by atoms with Crippen LogP contribution in [0.2, 0.25) is 5.02 Å². The van der Waals surface area contributed by atoms with Crippen LogP contribution in [0.3, 0.4) is 0 Å². The second kappa shape index (κ2) is 4.11. The molecule has 15 heavy (non-hydrogen) atoms. The van der Waals surface area contributed by atoms with Crippen molar-refractivity contribution in [2.24, 2.45) is 5.73 Å². The number of nitrogens with zero attached hydrogens (tertiary/aromatic N) is 1. The molecule has 4 N–H and O–H groups in total. The zero-order chi connectivity index (χ0) is 11.6. The number of hydrogen-bond acceptors (Lipinski definition) is 4. The summed E-state index contributed by atoms with van der Waals surface area (Å²) in [6.07, 6.45) is -3.84. The highest BCUT2D eigenvalue weighted by Crippen LogP contribution is 2.32. The van der Waals surface area contributed by atoms with E-state index < -0.39 is 12.2 Å². The summed E-state index contributed by atoms with van der Waals surface area (Å²) in [5, 5.41) is -0.324. The van der Waals surface area contributed by atoms with Crippen LogP contribution >= 0.6 is 11.6 Å². The zero-order valence-electron chi connectivity index (χ0n) is 7.31. The van der Waals surface area contributed by atoms with Crippen LogP contribution in [0, 0.1) is 0 Å². The number of halogens is 4. The van der Waals surface area contributed by atoms with E-state index in [-0.39, 0.29) is 22.8 Å². The quantitative estimate of drug-likeness (QED) is 0.826. The van der Waals surface area contributed by atoms with E-state index in [0.29, 0.717) is 0 Å². The van der Waals surface area contributed by atoms with Crippen molar-refractivity contribution in [1.29, 1.82) is 0 Å². The highest BCUT2D eigenvalue weighted by Gasteiger charge is 2.33. The van der Waals surface area contributed by atoms with Crippen LogP contribution < -0.4 is 16.2 Å². The summed E-state index contributed by atoms with van der Waals surface area (Å²) in [6.45, 7) is -0.0958. The number of nitrogen functional groups attached to an aromatic ring is 1. The third-order valence-electron chi connectivity index (χ3n) is 1.54. The van der Waals surface area contributed by atoms with Crippen LogP contribution in [0.4, 0.5) is 18.9 Å². The maximum atomic E-state index is 11.9. The van der Waals surface area contributed by atoms with Crippen LogP contribution in [0.5, 0.6) is 5.88 Å². The molecule has 1 aromatic rings. The first-order valence-electron chi connectivity index (χ1n) is 3.74. The van der Waals surface area contributed by atoms with Gasteiger partial charge in [0, 0.05) is 12.1 Å². The van der Waals surface area contributed by atoms with Gasteiger partial charge in [-0.1, -0.05) is 11.6 Å². The van der Waals surface area contributed by atoms with E-state index >= 15 is 0 Å².